The number of rotatable bonds is 49. The van der Waals surface area contributed by atoms with Gasteiger partial charge in [-0.3, -0.25) is 0 Å². The molecular formula is C64H108N6. The van der Waals surface area contributed by atoms with Crippen LogP contribution in [0.4, 0.5) is 11.4 Å². The molecule has 2 aromatic carbocycles. The van der Waals surface area contributed by atoms with Gasteiger partial charge in [0.15, 0.2) is 0 Å². The van der Waals surface area contributed by atoms with Crippen molar-refractivity contribution < 1.29 is 0 Å². The van der Waals surface area contributed by atoms with Gasteiger partial charge in [0, 0.05) is 47.3 Å². The molecule has 0 amide bonds. The molecule has 394 valence electrons. The Balaban J connectivity index is 1.36. The van der Waals surface area contributed by atoms with E-state index >= 15 is 0 Å². The van der Waals surface area contributed by atoms with Crippen molar-refractivity contribution in [3.8, 4) is 0 Å². The van der Waals surface area contributed by atoms with Crippen LogP contribution in [0.15, 0.2) is 123 Å². The smallest absolute Gasteiger partial charge is 0.0673 e. The second-order valence-electron chi connectivity index (χ2n) is 21.1. The van der Waals surface area contributed by atoms with Gasteiger partial charge in [0.25, 0.3) is 0 Å². The minimum atomic E-state index is 0.0127. The maximum absolute atomic E-state index is 5.83. The molecule has 2 atom stereocenters. The Morgan fingerprint density at radius 3 is 1.40 bits per heavy atom. The lowest BCUT2D eigenvalue weighted by Gasteiger charge is -2.30. The molecule has 0 aromatic heterocycles. The van der Waals surface area contributed by atoms with Gasteiger partial charge in [-0.2, -0.15) is 0 Å². The number of hydrogen-bond donors (Lipinski definition) is 6. The lowest BCUT2D eigenvalue weighted by atomic mass is 9.99. The zero-order chi connectivity index (χ0) is 50.9. The van der Waals surface area contributed by atoms with E-state index in [4.69, 9.17) is 5.73 Å². The van der Waals surface area contributed by atoms with Crippen LogP contribution in [0, 0.1) is 5.92 Å². The maximum Gasteiger partial charge on any atom is 0.0673 e. The first kappa shape index (κ1) is 61.8. The van der Waals surface area contributed by atoms with Gasteiger partial charge >= 0.3 is 0 Å². The first-order valence-electron chi connectivity index (χ1n) is 28.7. The van der Waals surface area contributed by atoms with E-state index in [1.54, 1.807) is 6.20 Å². The van der Waals surface area contributed by atoms with E-state index in [1.165, 1.54) is 196 Å². The highest BCUT2D eigenvalue weighted by atomic mass is 15.1. The monoisotopic (exact) mass is 961 g/mol. The van der Waals surface area contributed by atoms with Crippen molar-refractivity contribution in [1.29, 1.82) is 0 Å². The summed E-state index contributed by atoms with van der Waals surface area (Å²) in [5, 5.41) is 17.5. The Morgan fingerprint density at radius 1 is 0.486 bits per heavy atom. The molecule has 0 spiro atoms. The van der Waals surface area contributed by atoms with E-state index in [9.17, 15) is 0 Å². The molecule has 2 aromatic rings. The summed E-state index contributed by atoms with van der Waals surface area (Å²) in [4.78, 5) is 0. The number of hydrogen-bond acceptors (Lipinski definition) is 6. The molecule has 0 heterocycles. The molecule has 2 rings (SSSR count). The summed E-state index contributed by atoms with van der Waals surface area (Å²) in [5.41, 5.74) is 15.7. The van der Waals surface area contributed by atoms with Crippen LogP contribution in [-0.4, -0.2) is 25.2 Å². The molecular weight excluding hydrogens is 853 g/mol. The van der Waals surface area contributed by atoms with Crippen molar-refractivity contribution >= 4 is 11.4 Å². The predicted molar refractivity (Wildman–Crippen MR) is 313 cm³/mol. The van der Waals surface area contributed by atoms with Gasteiger partial charge in [0.2, 0.25) is 0 Å². The molecule has 2 unspecified atom stereocenters. The SMILES string of the molecule is C=CNCCCCCC(=C)NCCCCCCCCCCCCCCCCCCCCCCCCCCC(=C)NC(C(=C)NC(C)C(=C)Nc1ccc(CCC(=C)Cc2ccc(N)cc2)cc1)C(C)C. The van der Waals surface area contributed by atoms with E-state index in [2.05, 4.69) is 123 Å². The number of unbranched alkanes of at least 4 members (excludes halogenated alkanes) is 25. The minimum absolute atomic E-state index is 0.0127. The molecule has 0 aliphatic rings. The van der Waals surface area contributed by atoms with Crippen molar-refractivity contribution in [2.75, 3.05) is 24.1 Å². The molecule has 0 aliphatic carbocycles. The van der Waals surface area contributed by atoms with Crippen LogP contribution in [-0.2, 0) is 12.8 Å². The van der Waals surface area contributed by atoms with Gasteiger partial charge in [-0.1, -0.05) is 231 Å². The summed E-state index contributed by atoms with van der Waals surface area (Å²) in [6.45, 7) is 34.1. The van der Waals surface area contributed by atoms with Crippen LogP contribution in [0.2, 0.25) is 0 Å². The summed E-state index contributed by atoms with van der Waals surface area (Å²) in [7, 11) is 0. The molecule has 7 N–H and O–H groups in total. The van der Waals surface area contributed by atoms with Crippen LogP contribution in [0.25, 0.3) is 0 Å². The first-order valence-corrected chi connectivity index (χ1v) is 28.7. The van der Waals surface area contributed by atoms with E-state index in [0.29, 0.717) is 5.92 Å². The third-order valence-corrected chi connectivity index (χ3v) is 14.0. The van der Waals surface area contributed by atoms with E-state index in [-0.39, 0.29) is 12.1 Å². The summed E-state index contributed by atoms with van der Waals surface area (Å²) in [6.07, 6.45) is 43.9. The summed E-state index contributed by atoms with van der Waals surface area (Å²) in [5.74, 6) is 0.378. The van der Waals surface area contributed by atoms with Crippen molar-refractivity contribution in [2.45, 2.75) is 238 Å². The lowest BCUT2D eigenvalue weighted by Crippen LogP contribution is -2.42. The second-order valence-corrected chi connectivity index (χ2v) is 21.1. The van der Waals surface area contributed by atoms with Crippen LogP contribution >= 0.6 is 0 Å². The highest BCUT2D eigenvalue weighted by molar-refractivity contribution is 5.50. The topological polar surface area (TPSA) is 86.2 Å². The fraction of sp³-hybridized carbons (Fsp3) is 0.625. The highest BCUT2D eigenvalue weighted by Crippen LogP contribution is 2.21. The number of allylic oxidation sites excluding steroid dienone is 3. The molecule has 70 heavy (non-hydrogen) atoms. The van der Waals surface area contributed by atoms with Gasteiger partial charge in [-0.25, -0.2) is 0 Å². The quantitative estimate of drug-likeness (QED) is 0.0225. The van der Waals surface area contributed by atoms with E-state index in [1.807, 2.05) is 12.1 Å². The summed E-state index contributed by atoms with van der Waals surface area (Å²) >= 11 is 0. The first-order chi connectivity index (χ1) is 34.0. The van der Waals surface area contributed by atoms with Crippen LogP contribution in [0.5, 0.6) is 0 Å². The zero-order valence-electron chi connectivity index (χ0n) is 45.8. The van der Waals surface area contributed by atoms with E-state index in [0.717, 1.165) is 73.7 Å². The van der Waals surface area contributed by atoms with Crippen molar-refractivity contribution in [3.05, 3.63) is 134 Å². The number of benzene rings is 2. The van der Waals surface area contributed by atoms with Gasteiger partial charge in [0.05, 0.1) is 12.1 Å². The van der Waals surface area contributed by atoms with Crippen LogP contribution in [0.1, 0.15) is 225 Å². The summed E-state index contributed by atoms with van der Waals surface area (Å²) in [6, 6.07) is 16.9. The molecule has 0 saturated heterocycles. The molecule has 6 heteroatoms. The molecule has 0 saturated carbocycles. The van der Waals surface area contributed by atoms with Crippen molar-refractivity contribution in [1.82, 2.24) is 21.3 Å². The largest absolute Gasteiger partial charge is 0.399 e. The minimum Gasteiger partial charge on any atom is -0.399 e. The fourth-order valence-corrected chi connectivity index (χ4v) is 9.34. The van der Waals surface area contributed by atoms with Gasteiger partial charge in [-0.05, 0) is 112 Å². The predicted octanol–water partition coefficient (Wildman–Crippen LogP) is 17.7. The van der Waals surface area contributed by atoms with Crippen LogP contribution < -0.4 is 32.3 Å². The second kappa shape index (κ2) is 41.3. The number of aryl methyl sites for hydroxylation is 1. The van der Waals surface area contributed by atoms with E-state index < -0.39 is 0 Å². The number of nitrogen functional groups attached to an aromatic ring is 1. The molecule has 0 fully saturated rings. The maximum atomic E-state index is 5.83. The Bertz CT molecular complexity index is 1670. The molecule has 0 bridgehead atoms. The molecule has 0 aliphatic heterocycles. The van der Waals surface area contributed by atoms with Crippen molar-refractivity contribution in [2.24, 2.45) is 5.92 Å². The molecule has 6 nitrogen and oxygen atoms in total. The van der Waals surface area contributed by atoms with Gasteiger partial charge < -0.3 is 32.3 Å². The third kappa shape index (κ3) is 33.3. The average Bonchev–Trinajstić information content (AvgIpc) is 3.34. The normalized spacial score (nSPS) is 12.0. The Labute approximate surface area is 432 Å². The zero-order valence-corrected chi connectivity index (χ0v) is 45.8. The average molecular weight is 962 g/mol. The molecule has 0 radical (unpaired) electrons. The van der Waals surface area contributed by atoms with Crippen LogP contribution in [0.3, 0.4) is 0 Å². The number of nitrogens with two attached hydrogens (primary N) is 1. The number of anilines is 2. The van der Waals surface area contributed by atoms with Gasteiger partial charge in [0.1, 0.15) is 0 Å². The van der Waals surface area contributed by atoms with Gasteiger partial charge in [-0.15, -0.1) is 0 Å². The lowest BCUT2D eigenvalue weighted by molar-refractivity contribution is 0.442. The number of nitrogens with one attached hydrogen (secondary N) is 5. The summed E-state index contributed by atoms with van der Waals surface area (Å²) < 4.78 is 0. The fourth-order valence-electron chi connectivity index (χ4n) is 9.34. The third-order valence-electron chi connectivity index (χ3n) is 14.0. The van der Waals surface area contributed by atoms with Crippen molar-refractivity contribution in [3.63, 3.8) is 0 Å². The Hall–Kier alpha value is -4.32. The highest BCUT2D eigenvalue weighted by Gasteiger charge is 2.20. The Kier molecular flexibility index (Phi) is 36.5. The standard InChI is InChI=1S/C64H108N6/c1-10-66-50-36-33-35-38-55(5)67-51-37-32-30-28-26-24-22-20-18-16-14-12-11-13-15-17-19-21-23-25-27-29-31-34-39-56(6)68-64(53(2)3)59(9)69-57(7)58(8)70-63-48-44-60(45-49-63)41-40-54(4)52-61-42-46-62(65)47-43-61/h10,42-49,53,57,64,66-70H,1,4-6,8-9,11-41,50-52,65H2,2-3,7H3. The Morgan fingerprint density at radius 2 is 0.914 bits per heavy atom.